The van der Waals surface area contributed by atoms with Crippen molar-refractivity contribution in [2.24, 2.45) is 5.92 Å². The Hall–Kier alpha value is -0.370. The van der Waals surface area contributed by atoms with Crippen LogP contribution in [0, 0.1) is 5.92 Å². The lowest BCUT2D eigenvalue weighted by Gasteiger charge is -2.45. The Kier molecular flexibility index (Phi) is 7.55. The minimum absolute atomic E-state index is 0.266. The van der Waals surface area contributed by atoms with Gasteiger partial charge in [-0.3, -0.25) is 0 Å². The average Bonchev–Trinajstić information content (AvgIpc) is 2.53. The van der Waals surface area contributed by atoms with Gasteiger partial charge in [-0.2, -0.15) is 0 Å². The molecule has 2 nitrogen and oxygen atoms in total. The Labute approximate surface area is 160 Å². The third-order valence-electron chi connectivity index (χ3n) is 5.82. The predicted octanol–water partition coefficient (Wildman–Crippen LogP) is 5.93. The minimum Gasteiger partial charge on any atom is -0.358 e. The van der Waals surface area contributed by atoms with Gasteiger partial charge in [-0.25, -0.2) is 0 Å². The highest BCUT2D eigenvalue weighted by molar-refractivity contribution is 8.14. The van der Waals surface area contributed by atoms with Crippen molar-refractivity contribution in [3.63, 3.8) is 0 Å². The van der Waals surface area contributed by atoms with Gasteiger partial charge in [-0.1, -0.05) is 64.0 Å². The molecule has 1 N–H and O–H groups in total. The second-order valence-electron chi connectivity index (χ2n) is 8.47. The molecule has 0 bridgehead atoms. The van der Waals surface area contributed by atoms with E-state index in [-0.39, 0.29) is 5.41 Å². The Balaban J connectivity index is 2.02. The van der Waals surface area contributed by atoms with Gasteiger partial charge >= 0.3 is 0 Å². The number of piperidine rings is 1. The van der Waals surface area contributed by atoms with E-state index in [0.29, 0.717) is 5.92 Å². The molecule has 0 saturated carbocycles. The van der Waals surface area contributed by atoms with Gasteiger partial charge in [-0.15, -0.1) is 0 Å². The van der Waals surface area contributed by atoms with Gasteiger partial charge in [0.15, 0.2) is 0 Å². The molecule has 2 rings (SSSR count). The molecule has 0 amide bonds. The van der Waals surface area contributed by atoms with E-state index in [4.69, 9.17) is 11.8 Å². The van der Waals surface area contributed by atoms with Crippen LogP contribution in [0.3, 0.4) is 0 Å². The van der Waals surface area contributed by atoms with Crippen molar-refractivity contribution in [3.05, 3.63) is 29.8 Å². The second kappa shape index (κ2) is 9.02. The lowest BCUT2D eigenvalue weighted by molar-refractivity contribution is 0.109. The maximum Gasteiger partial charge on any atom is 0.0380 e. The van der Waals surface area contributed by atoms with Gasteiger partial charge in [0.2, 0.25) is 0 Å². The molecule has 0 aromatic heterocycles. The minimum atomic E-state index is -1.44. The molecule has 0 spiro atoms. The van der Waals surface area contributed by atoms with Crippen molar-refractivity contribution in [1.29, 1.82) is 0 Å². The van der Waals surface area contributed by atoms with Gasteiger partial charge in [0.25, 0.3) is 0 Å². The lowest BCUT2D eigenvalue weighted by atomic mass is 9.68. The van der Waals surface area contributed by atoms with Crippen molar-refractivity contribution in [2.45, 2.75) is 58.3 Å². The molecule has 0 radical (unpaired) electrons. The van der Waals surface area contributed by atoms with E-state index in [1.54, 1.807) is 0 Å². The van der Waals surface area contributed by atoms with Gasteiger partial charge in [0, 0.05) is 18.4 Å². The summed E-state index contributed by atoms with van der Waals surface area (Å²) in [5, 5.41) is 3.56. The summed E-state index contributed by atoms with van der Waals surface area (Å²) in [4.78, 5) is 2.68. The molecular formula is C21H37N2PS. The summed E-state index contributed by atoms with van der Waals surface area (Å²) in [6.07, 6.45) is 5.25. The fourth-order valence-electron chi connectivity index (χ4n) is 3.97. The first-order valence-electron chi connectivity index (χ1n) is 9.91. The number of hydrogen-bond acceptors (Lipinski definition) is 2. The first-order valence-corrected chi connectivity index (χ1v) is 13.6. The van der Waals surface area contributed by atoms with Crippen molar-refractivity contribution < 1.29 is 0 Å². The van der Waals surface area contributed by atoms with Crippen LogP contribution in [0.1, 0.15) is 58.4 Å². The van der Waals surface area contributed by atoms with E-state index in [1.165, 1.54) is 63.0 Å². The number of benzene rings is 1. The summed E-state index contributed by atoms with van der Waals surface area (Å²) >= 11 is 5.59. The van der Waals surface area contributed by atoms with Crippen molar-refractivity contribution in [3.8, 4) is 0 Å². The molecule has 25 heavy (non-hydrogen) atoms. The Morgan fingerprint density at radius 1 is 1.28 bits per heavy atom. The van der Waals surface area contributed by atoms with Crippen LogP contribution in [0.15, 0.2) is 24.3 Å². The summed E-state index contributed by atoms with van der Waals surface area (Å²) in [5.41, 5.74) is 2.93. The van der Waals surface area contributed by atoms with E-state index in [2.05, 4.69) is 68.4 Å². The molecule has 0 aliphatic carbocycles. The van der Waals surface area contributed by atoms with E-state index in [0.717, 1.165) is 0 Å². The number of nitrogens with zero attached hydrogens (tertiary/aromatic N) is 1. The SMILES string of the molecule is CCCCCCN1CC[C@](C)(c2cccc(NP(C)(C)=S)c2)[C@@H](C)C1. The number of rotatable bonds is 8. The lowest BCUT2D eigenvalue weighted by Crippen LogP contribution is -2.47. The van der Waals surface area contributed by atoms with E-state index in [1.807, 2.05) is 0 Å². The van der Waals surface area contributed by atoms with E-state index < -0.39 is 6.19 Å². The zero-order valence-corrected chi connectivity index (χ0v) is 18.6. The maximum atomic E-state index is 5.59. The Bertz CT molecular complexity index is 597. The van der Waals surface area contributed by atoms with E-state index >= 15 is 0 Å². The van der Waals surface area contributed by atoms with Crippen LogP contribution >= 0.6 is 6.19 Å². The normalized spacial score (nSPS) is 25.1. The molecule has 1 saturated heterocycles. The number of hydrogen-bond donors (Lipinski definition) is 1. The molecule has 1 aliphatic rings. The number of likely N-dealkylation sites (tertiary alicyclic amines) is 1. The van der Waals surface area contributed by atoms with Gasteiger partial charge in [0.1, 0.15) is 0 Å². The largest absolute Gasteiger partial charge is 0.358 e. The Morgan fingerprint density at radius 3 is 2.68 bits per heavy atom. The fourth-order valence-corrected chi connectivity index (χ4v) is 5.04. The Morgan fingerprint density at radius 2 is 2.04 bits per heavy atom. The molecule has 1 heterocycles. The highest BCUT2D eigenvalue weighted by atomic mass is 32.4. The summed E-state index contributed by atoms with van der Waals surface area (Å²) in [6.45, 7) is 15.2. The molecule has 1 aromatic rings. The average molecular weight is 381 g/mol. The van der Waals surface area contributed by atoms with Crippen LogP contribution in [0.4, 0.5) is 5.69 Å². The number of nitrogens with one attached hydrogen (secondary N) is 1. The van der Waals surface area contributed by atoms with Crippen LogP contribution in [-0.4, -0.2) is 37.9 Å². The molecule has 1 fully saturated rings. The van der Waals surface area contributed by atoms with Crippen LogP contribution in [-0.2, 0) is 17.2 Å². The molecule has 2 atom stereocenters. The highest BCUT2D eigenvalue weighted by Gasteiger charge is 2.37. The quantitative estimate of drug-likeness (QED) is 0.444. The van der Waals surface area contributed by atoms with Crippen molar-refractivity contribution in [1.82, 2.24) is 4.90 Å². The third kappa shape index (κ3) is 6.08. The van der Waals surface area contributed by atoms with Crippen molar-refractivity contribution in [2.75, 3.05) is 38.1 Å². The summed E-state index contributed by atoms with van der Waals surface area (Å²) in [6, 6.07) is 9.01. The standard InChI is InChI=1S/C21H37N2PS/c1-6-7-8-9-14-23-15-13-21(3,18(2)17-23)19-11-10-12-20(16-19)22-24(4,5)25/h10-12,16,18H,6-9,13-15,17H2,1-5H3,(H,22,25)/t18-,21-/m0/s1. The predicted molar refractivity (Wildman–Crippen MR) is 118 cm³/mol. The summed E-state index contributed by atoms with van der Waals surface area (Å²) in [5.74, 6) is 0.675. The zero-order chi connectivity index (χ0) is 18.5. The monoisotopic (exact) mass is 380 g/mol. The zero-order valence-electron chi connectivity index (χ0n) is 16.8. The highest BCUT2D eigenvalue weighted by Crippen LogP contribution is 2.42. The van der Waals surface area contributed by atoms with Gasteiger partial charge in [-0.05, 0) is 68.3 Å². The van der Waals surface area contributed by atoms with Crippen molar-refractivity contribution >= 4 is 23.7 Å². The molecular weight excluding hydrogens is 343 g/mol. The number of unbranched alkanes of at least 4 members (excludes halogenated alkanes) is 3. The molecule has 0 unspecified atom stereocenters. The molecule has 1 aromatic carbocycles. The van der Waals surface area contributed by atoms with Crippen LogP contribution in [0.5, 0.6) is 0 Å². The summed E-state index contributed by atoms with van der Waals surface area (Å²) < 4.78 is 0. The molecule has 1 aliphatic heterocycles. The van der Waals surface area contributed by atoms with Crippen LogP contribution < -0.4 is 5.09 Å². The first kappa shape index (κ1) is 20.9. The molecule has 4 heteroatoms. The van der Waals surface area contributed by atoms with Crippen LogP contribution in [0.25, 0.3) is 0 Å². The maximum absolute atomic E-state index is 5.59. The van der Waals surface area contributed by atoms with Gasteiger partial charge < -0.3 is 9.99 Å². The second-order valence-corrected chi connectivity index (χ2v) is 14.1. The number of anilines is 1. The summed E-state index contributed by atoms with van der Waals surface area (Å²) in [7, 11) is 0. The molecule has 142 valence electrons. The van der Waals surface area contributed by atoms with Crippen LogP contribution in [0.2, 0.25) is 0 Å². The fraction of sp³-hybridized carbons (Fsp3) is 0.714. The topological polar surface area (TPSA) is 15.3 Å². The smallest absolute Gasteiger partial charge is 0.0380 e. The van der Waals surface area contributed by atoms with E-state index in [9.17, 15) is 0 Å². The van der Waals surface area contributed by atoms with Gasteiger partial charge in [0.05, 0.1) is 0 Å². The third-order valence-corrected chi connectivity index (χ3v) is 6.89. The first-order chi connectivity index (χ1) is 11.7.